The van der Waals surface area contributed by atoms with E-state index in [-0.39, 0.29) is 17.5 Å². The molecule has 0 saturated heterocycles. The van der Waals surface area contributed by atoms with E-state index >= 15 is 0 Å². The number of carbonyl (C=O) groups is 1. The average Bonchev–Trinajstić information content (AvgIpc) is 2.95. The van der Waals surface area contributed by atoms with Gasteiger partial charge in [-0.3, -0.25) is 0 Å². The van der Waals surface area contributed by atoms with Gasteiger partial charge in [-0.1, -0.05) is 44.2 Å². The average molecular weight is 281 g/mol. The first-order valence-electron chi connectivity index (χ1n) is 5.94. The fourth-order valence-corrected chi connectivity index (χ4v) is 2.45. The molecule has 0 saturated carbocycles. The molecule has 0 aromatic carbocycles. The van der Waals surface area contributed by atoms with E-state index in [1.165, 1.54) is 16.0 Å². The summed E-state index contributed by atoms with van der Waals surface area (Å²) in [5.74, 6) is -0.827. The third-order valence-electron chi connectivity index (χ3n) is 2.56. The maximum absolute atomic E-state index is 11.1. The van der Waals surface area contributed by atoms with Gasteiger partial charge in [0.1, 0.15) is 5.01 Å². The standard InChI is InChI=1S/C11H15N5O2S/c1-5(2)8-7(10(17)18)12-15-16(8)11-14-13-9(19-11)6(3)4/h5-6H,1-4H3,(H,17,18). The Labute approximate surface area is 114 Å². The molecule has 8 heteroatoms. The number of hydrogen-bond acceptors (Lipinski definition) is 6. The summed E-state index contributed by atoms with van der Waals surface area (Å²) in [6.45, 7) is 7.84. The van der Waals surface area contributed by atoms with Crippen molar-refractivity contribution in [1.29, 1.82) is 0 Å². The Kier molecular flexibility index (Phi) is 3.61. The van der Waals surface area contributed by atoms with Crippen LogP contribution in [0.15, 0.2) is 0 Å². The quantitative estimate of drug-likeness (QED) is 0.922. The maximum Gasteiger partial charge on any atom is 0.358 e. The van der Waals surface area contributed by atoms with Gasteiger partial charge in [-0.2, -0.15) is 4.68 Å². The van der Waals surface area contributed by atoms with Crippen LogP contribution in [-0.2, 0) is 0 Å². The van der Waals surface area contributed by atoms with Gasteiger partial charge in [-0.05, 0) is 5.92 Å². The molecule has 0 amide bonds. The minimum atomic E-state index is -1.08. The van der Waals surface area contributed by atoms with Crippen molar-refractivity contribution >= 4 is 17.3 Å². The van der Waals surface area contributed by atoms with Crippen LogP contribution in [0.2, 0.25) is 0 Å². The van der Waals surface area contributed by atoms with Gasteiger partial charge < -0.3 is 5.11 Å². The molecule has 0 unspecified atom stereocenters. The highest BCUT2D eigenvalue weighted by Crippen LogP contribution is 2.25. The maximum atomic E-state index is 11.1. The molecule has 7 nitrogen and oxygen atoms in total. The van der Waals surface area contributed by atoms with E-state index < -0.39 is 5.97 Å². The highest BCUT2D eigenvalue weighted by atomic mass is 32.1. The lowest BCUT2D eigenvalue weighted by atomic mass is 10.1. The molecule has 102 valence electrons. The molecule has 0 aliphatic heterocycles. The lowest BCUT2D eigenvalue weighted by molar-refractivity contribution is 0.0688. The SMILES string of the molecule is CC(C)c1nnc(-n2nnc(C(=O)O)c2C(C)C)s1. The zero-order valence-corrected chi connectivity index (χ0v) is 12.0. The lowest BCUT2D eigenvalue weighted by Gasteiger charge is -2.06. The van der Waals surface area contributed by atoms with Crippen LogP contribution in [0.4, 0.5) is 0 Å². The Hall–Kier alpha value is -1.83. The fraction of sp³-hybridized carbons (Fsp3) is 0.545. The zero-order valence-electron chi connectivity index (χ0n) is 11.2. The number of rotatable bonds is 4. The summed E-state index contributed by atoms with van der Waals surface area (Å²) in [6, 6.07) is 0. The molecule has 0 fully saturated rings. The Morgan fingerprint density at radius 3 is 2.32 bits per heavy atom. The summed E-state index contributed by atoms with van der Waals surface area (Å²) < 4.78 is 1.47. The summed E-state index contributed by atoms with van der Waals surface area (Å²) in [5, 5.41) is 26.3. The van der Waals surface area contributed by atoms with Crippen molar-refractivity contribution in [3.63, 3.8) is 0 Å². The van der Waals surface area contributed by atoms with Crippen molar-refractivity contribution in [2.45, 2.75) is 39.5 Å². The van der Waals surface area contributed by atoms with Gasteiger partial charge in [0.05, 0.1) is 5.69 Å². The Morgan fingerprint density at radius 1 is 1.16 bits per heavy atom. The molecule has 1 N–H and O–H groups in total. The Morgan fingerprint density at radius 2 is 1.84 bits per heavy atom. The molecule has 0 atom stereocenters. The molecular weight excluding hydrogens is 266 g/mol. The summed E-state index contributed by atoms with van der Waals surface area (Å²) in [7, 11) is 0. The van der Waals surface area contributed by atoms with Gasteiger partial charge in [0, 0.05) is 5.92 Å². The first-order chi connectivity index (χ1) is 8.91. The number of nitrogens with zero attached hydrogens (tertiary/aromatic N) is 5. The minimum absolute atomic E-state index is 0.0208. The van der Waals surface area contributed by atoms with E-state index in [1.807, 2.05) is 27.7 Å². The van der Waals surface area contributed by atoms with E-state index in [4.69, 9.17) is 5.11 Å². The minimum Gasteiger partial charge on any atom is -0.476 e. The van der Waals surface area contributed by atoms with Crippen molar-refractivity contribution in [3.8, 4) is 5.13 Å². The normalized spacial score (nSPS) is 11.5. The molecule has 0 radical (unpaired) electrons. The van der Waals surface area contributed by atoms with Gasteiger partial charge in [0.2, 0.25) is 5.13 Å². The first kappa shape index (κ1) is 13.6. The van der Waals surface area contributed by atoms with Crippen LogP contribution in [0.1, 0.15) is 60.7 Å². The van der Waals surface area contributed by atoms with Crippen LogP contribution in [0.25, 0.3) is 5.13 Å². The molecule has 2 aromatic rings. The second kappa shape index (κ2) is 5.04. The van der Waals surface area contributed by atoms with E-state index in [0.717, 1.165) is 5.01 Å². The Bertz CT molecular complexity index is 602. The molecule has 19 heavy (non-hydrogen) atoms. The second-order valence-corrected chi connectivity index (χ2v) is 5.76. The van der Waals surface area contributed by atoms with E-state index in [9.17, 15) is 4.79 Å². The first-order valence-corrected chi connectivity index (χ1v) is 6.76. The van der Waals surface area contributed by atoms with Crippen molar-refractivity contribution in [1.82, 2.24) is 25.2 Å². The smallest absolute Gasteiger partial charge is 0.358 e. The van der Waals surface area contributed by atoms with Crippen molar-refractivity contribution in [2.75, 3.05) is 0 Å². The number of aromatic carboxylic acids is 1. The molecule has 2 rings (SSSR count). The van der Waals surface area contributed by atoms with Crippen LogP contribution >= 0.6 is 11.3 Å². The highest BCUT2D eigenvalue weighted by molar-refractivity contribution is 7.13. The summed E-state index contributed by atoms with van der Waals surface area (Å²) in [5.41, 5.74) is 0.509. The number of carboxylic acids is 1. The van der Waals surface area contributed by atoms with Crippen LogP contribution in [0.5, 0.6) is 0 Å². The Balaban J connectivity index is 2.52. The van der Waals surface area contributed by atoms with Gasteiger partial charge in [0.15, 0.2) is 5.69 Å². The van der Waals surface area contributed by atoms with Crippen LogP contribution < -0.4 is 0 Å². The molecule has 0 bridgehead atoms. The van der Waals surface area contributed by atoms with Gasteiger partial charge in [-0.25, -0.2) is 4.79 Å². The van der Waals surface area contributed by atoms with E-state index in [0.29, 0.717) is 10.8 Å². The molecule has 0 spiro atoms. The largest absolute Gasteiger partial charge is 0.476 e. The molecule has 2 heterocycles. The highest BCUT2D eigenvalue weighted by Gasteiger charge is 2.24. The third-order valence-corrected chi connectivity index (χ3v) is 3.76. The van der Waals surface area contributed by atoms with E-state index in [2.05, 4.69) is 20.5 Å². The number of aromatic nitrogens is 5. The summed E-state index contributed by atoms with van der Waals surface area (Å²) in [6.07, 6.45) is 0. The molecule has 2 aromatic heterocycles. The predicted octanol–water partition coefficient (Wildman–Crippen LogP) is 2.06. The molecule has 0 aliphatic rings. The molecular formula is C11H15N5O2S. The summed E-state index contributed by atoms with van der Waals surface area (Å²) >= 11 is 1.40. The summed E-state index contributed by atoms with van der Waals surface area (Å²) in [4.78, 5) is 11.1. The number of hydrogen-bond donors (Lipinski definition) is 1. The van der Waals surface area contributed by atoms with Crippen molar-refractivity contribution in [2.24, 2.45) is 0 Å². The fourth-order valence-electron chi connectivity index (χ4n) is 1.65. The van der Waals surface area contributed by atoms with Crippen molar-refractivity contribution in [3.05, 3.63) is 16.4 Å². The van der Waals surface area contributed by atoms with Crippen molar-refractivity contribution < 1.29 is 9.90 Å². The number of carboxylic acid groups (broad SMARTS) is 1. The van der Waals surface area contributed by atoms with Gasteiger partial charge in [0.25, 0.3) is 0 Å². The predicted molar refractivity (Wildman–Crippen MR) is 70.0 cm³/mol. The van der Waals surface area contributed by atoms with Crippen LogP contribution in [-0.4, -0.2) is 36.3 Å². The second-order valence-electron chi connectivity index (χ2n) is 4.77. The topological polar surface area (TPSA) is 93.8 Å². The van der Waals surface area contributed by atoms with Gasteiger partial charge in [-0.15, -0.1) is 15.3 Å². The van der Waals surface area contributed by atoms with Gasteiger partial charge >= 0.3 is 5.97 Å². The monoisotopic (exact) mass is 281 g/mol. The van der Waals surface area contributed by atoms with Crippen LogP contribution in [0.3, 0.4) is 0 Å². The van der Waals surface area contributed by atoms with E-state index in [1.54, 1.807) is 0 Å². The zero-order chi connectivity index (χ0) is 14.2. The van der Waals surface area contributed by atoms with Crippen LogP contribution in [0, 0.1) is 0 Å². The lowest BCUT2D eigenvalue weighted by Crippen LogP contribution is -2.08. The third kappa shape index (κ3) is 2.48. The molecule has 0 aliphatic carbocycles.